The summed E-state index contributed by atoms with van der Waals surface area (Å²) in [5.41, 5.74) is -0.677. The number of hydrogen-bond donors (Lipinski definition) is 1. The van der Waals surface area contributed by atoms with Gasteiger partial charge in [-0.1, -0.05) is 6.92 Å². The van der Waals surface area contributed by atoms with E-state index in [-0.39, 0.29) is 12.0 Å². The van der Waals surface area contributed by atoms with Crippen molar-refractivity contribution in [3.63, 3.8) is 0 Å². The molecule has 1 aromatic heterocycles. The van der Waals surface area contributed by atoms with E-state index in [4.69, 9.17) is 4.74 Å². The Kier molecular flexibility index (Phi) is 4.90. The largest absolute Gasteiger partial charge is 0.468 e. The lowest BCUT2D eigenvalue weighted by atomic mass is 9.93. The fourth-order valence-corrected chi connectivity index (χ4v) is 2.22. The van der Waals surface area contributed by atoms with E-state index in [1.807, 2.05) is 13.1 Å². The average Bonchev–Trinajstić information content (AvgIpc) is 2.85. The number of carbonyl (C=O) groups is 1. The first-order chi connectivity index (χ1) is 8.48. The Hall–Kier alpha value is -1.36. The molecule has 0 aliphatic rings. The molecule has 2 unspecified atom stereocenters. The number of aromatic nitrogens is 2. The highest BCUT2D eigenvalue weighted by atomic mass is 16.5. The van der Waals surface area contributed by atoms with Gasteiger partial charge in [-0.2, -0.15) is 0 Å². The standard InChI is InChI=1S/C13H23N3O2/c1-6-11-15-7-8-16(11)10(2)9-13(3,14-4)12(17)18-5/h7-8,10,14H,6,9H2,1-5H3. The molecule has 0 aliphatic carbocycles. The van der Waals surface area contributed by atoms with E-state index in [9.17, 15) is 4.79 Å². The molecule has 1 N–H and O–H groups in total. The molecule has 5 heteroatoms. The lowest BCUT2D eigenvalue weighted by Crippen LogP contribution is -2.49. The van der Waals surface area contributed by atoms with Crippen LogP contribution in [-0.2, 0) is 16.0 Å². The van der Waals surface area contributed by atoms with Crippen molar-refractivity contribution in [2.45, 2.75) is 45.2 Å². The minimum atomic E-state index is -0.677. The van der Waals surface area contributed by atoms with E-state index in [2.05, 4.69) is 28.7 Å². The number of hydrogen-bond acceptors (Lipinski definition) is 4. The molecule has 1 aromatic rings. The molecule has 0 fully saturated rings. The van der Waals surface area contributed by atoms with Gasteiger partial charge in [0.1, 0.15) is 11.4 Å². The van der Waals surface area contributed by atoms with Crippen LogP contribution in [0.2, 0.25) is 0 Å². The molecule has 0 aliphatic heterocycles. The van der Waals surface area contributed by atoms with E-state index in [0.29, 0.717) is 6.42 Å². The summed E-state index contributed by atoms with van der Waals surface area (Å²) in [6.07, 6.45) is 5.28. The van der Waals surface area contributed by atoms with Crippen LogP contribution in [0.5, 0.6) is 0 Å². The summed E-state index contributed by atoms with van der Waals surface area (Å²) in [6.45, 7) is 6.01. The van der Waals surface area contributed by atoms with Crippen LogP contribution in [0, 0.1) is 0 Å². The Bertz CT molecular complexity index is 403. The van der Waals surface area contributed by atoms with Gasteiger partial charge in [0.05, 0.1) is 7.11 Å². The molecule has 102 valence electrons. The molecule has 18 heavy (non-hydrogen) atoms. The monoisotopic (exact) mass is 253 g/mol. The van der Waals surface area contributed by atoms with Gasteiger partial charge in [0, 0.05) is 24.9 Å². The van der Waals surface area contributed by atoms with E-state index in [1.165, 1.54) is 7.11 Å². The zero-order chi connectivity index (χ0) is 13.8. The zero-order valence-corrected chi connectivity index (χ0v) is 11.9. The molecular formula is C13H23N3O2. The van der Waals surface area contributed by atoms with Crippen molar-refractivity contribution in [2.75, 3.05) is 14.2 Å². The van der Waals surface area contributed by atoms with Crippen LogP contribution in [0.15, 0.2) is 12.4 Å². The first-order valence-corrected chi connectivity index (χ1v) is 6.27. The number of likely N-dealkylation sites (N-methyl/N-ethyl adjacent to an activating group) is 1. The second-order valence-electron chi connectivity index (χ2n) is 4.73. The van der Waals surface area contributed by atoms with Gasteiger partial charge in [-0.25, -0.2) is 4.98 Å². The summed E-state index contributed by atoms with van der Waals surface area (Å²) in [5.74, 6) is 0.792. The number of esters is 1. The van der Waals surface area contributed by atoms with Crippen molar-refractivity contribution in [2.24, 2.45) is 0 Å². The Balaban J connectivity index is 2.86. The molecule has 0 saturated carbocycles. The summed E-state index contributed by atoms with van der Waals surface area (Å²) in [6, 6.07) is 0.180. The van der Waals surface area contributed by atoms with Crippen molar-refractivity contribution in [3.05, 3.63) is 18.2 Å². The molecule has 5 nitrogen and oxygen atoms in total. The number of ether oxygens (including phenoxy) is 1. The van der Waals surface area contributed by atoms with Gasteiger partial charge in [0.2, 0.25) is 0 Å². The third-order valence-electron chi connectivity index (χ3n) is 3.43. The highest BCUT2D eigenvalue weighted by Gasteiger charge is 2.34. The first-order valence-electron chi connectivity index (χ1n) is 6.27. The van der Waals surface area contributed by atoms with Crippen LogP contribution in [0.1, 0.15) is 39.1 Å². The number of nitrogens with one attached hydrogen (secondary N) is 1. The fraction of sp³-hybridized carbons (Fsp3) is 0.692. The number of aryl methyl sites for hydroxylation is 1. The molecule has 1 heterocycles. The second-order valence-corrected chi connectivity index (χ2v) is 4.73. The summed E-state index contributed by atoms with van der Waals surface area (Å²) in [7, 11) is 3.19. The summed E-state index contributed by atoms with van der Waals surface area (Å²) in [4.78, 5) is 16.1. The summed E-state index contributed by atoms with van der Waals surface area (Å²) < 4.78 is 6.96. The van der Waals surface area contributed by atoms with Crippen LogP contribution >= 0.6 is 0 Å². The number of methoxy groups -OCH3 is 1. The van der Waals surface area contributed by atoms with E-state index >= 15 is 0 Å². The lowest BCUT2D eigenvalue weighted by Gasteiger charge is -2.30. The minimum Gasteiger partial charge on any atom is -0.468 e. The van der Waals surface area contributed by atoms with Gasteiger partial charge in [-0.05, 0) is 27.3 Å². The average molecular weight is 253 g/mol. The van der Waals surface area contributed by atoms with Crippen molar-refractivity contribution >= 4 is 5.97 Å². The molecule has 1 rings (SSSR count). The van der Waals surface area contributed by atoms with E-state index in [1.54, 1.807) is 13.2 Å². The van der Waals surface area contributed by atoms with Crippen molar-refractivity contribution in [1.82, 2.24) is 14.9 Å². The molecule has 0 bridgehead atoms. The van der Waals surface area contributed by atoms with E-state index < -0.39 is 5.54 Å². The highest BCUT2D eigenvalue weighted by Crippen LogP contribution is 2.23. The van der Waals surface area contributed by atoms with Gasteiger partial charge in [0.15, 0.2) is 0 Å². The van der Waals surface area contributed by atoms with Crippen LogP contribution in [0.4, 0.5) is 0 Å². The van der Waals surface area contributed by atoms with Gasteiger partial charge in [-0.15, -0.1) is 0 Å². The molecule has 0 aromatic carbocycles. The zero-order valence-electron chi connectivity index (χ0n) is 11.9. The molecular weight excluding hydrogens is 230 g/mol. The van der Waals surface area contributed by atoms with Gasteiger partial charge >= 0.3 is 5.97 Å². The van der Waals surface area contributed by atoms with Crippen molar-refractivity contribution in [3.8, 4) is 0 Å². The second kappa shape index (κ2) is 6.00. The normalized spacial score (nSPS) is 16.1. The van der Waals surface area contributed by atoms with Gasteiger partial charge in [-0.3, -0.25) is 4.79 Å². The number of rotatable bonds is 6. The van der Waals surface area contributed by atoms with Gasteiger partial charge < -0.3 is 14.6 Å². The molecule has 2 atom stereocenters. The summed E-state index contributed by atoms with van der Waals surface area (Å²) >= 11 is 0. The minimum absolute atomic E-state index is 0.180. The molecule has 0 radical (unpaired) electrons. The Morgan fingerprint density at radius 1 is 1.67 bits per heavy atom. The third-order valence-corrected chi connectivity index (χ3v) is 3.43. The van der Waals surface area contributed by atoms with Crippen molar-refractivity contribution < 1.29 is 9.53 Å². The van der Waals surface area contributed by atoms with Gasteiger partial charge in [0.25, 0.3) is 0 Å². The predicted molar refractivity (Wildman–Crippen MR) is 70.4 cm³/mol. The molecule has 0 amide bonds. The van der Waals surface area contributed by atoms with Crippen LogP contribution in [-0.4, -0.2) is 35.2 Å². The highest BCUT2D eigenvalue weighted by molar-refractivity contribution is 5.80. The third kappa shape index (κ3) is 2.90. The quantitative estimate of drug-likeness (QED) is 0.781. The SMILES string of the molecule is CCc1nccn1C(C)CC(C)(NC)C(=O)OC. The number of imidazole rings is 1. The smallest absolute Gasteiger partial charge is 0.325 e. The Labute approximate surface area is 109 Å². The maximum atomic E-state index is 11.8. The number of nitrogens with zero attached hydrogens (tertiary/aromatic N) is 2. The van der Waals surface area contributed by atoms with Crippen LogP contribution < -0.4 is 5.32 Å². The maximum absolute atomic E-state index is 11.8. The fourth-order valence-electron chi connectivity index (χ4n) is 2.22. The molecule has 0 spiro atoms. The topological polar surface area (TPSA) is 56.2 Å². The first kappa shape index (κ1) is 14.7. The van der Waals surface area contributed by atoms with E-state index in [0.717, 1.165) is 12.2 Å². The summed E-state index contributed by atoms with van der Waals surface area (Å²) in [5, 5.41) is 3.05. The molecule has 0 saturated heterocycles. The maximum Gasteiger partial charge on any atom is 0.325 e. The van der Waals surface area contributed by atoms with Crippen LogP contribution in [0.3, 0.4) is 0 Å². The predicted octanol–water partition coefficient (Wildman–Crippen LogP) is 1.55. The van der Waals surface area contributed by atoms with Crippen molar-refractivity contribution in [1.29, 1.82) is 0 Å². The Morgan fingerprint density at radius 3 is 2.83 bits per heavy atom. The lowest BCUT2D eigenvalue weighted by molar-refractivity contribution is -0.148. The Morgan fingerprint density at radius 2 is 2.33 bits per heavy atom. The van der Waals surface area contributed by atoms with Crippen LogP contribution in [0.25, 0.3) is 0 Å². The number of carbonyl (C=O) groups excluding carboxylic acids is 1.